The van der Waals surface area contributed by atoms with Gasteiger partial charge in [0.2, 0.25) is 0 Å². The lowest BCUT2D eigenvalue weighted by Gasteiger charge is -2.22. The Bertz CT molecular complexity index is 881. The third-order valence-corrected chi connectivity index (χ3v) is 5.28. The minimum atomic E-state index is -0.0690. The van der Waals surface area contributed by atoms with Crippen LogP contribution in [0.3, 0.4) is 0 Å². The second kappa shape index (κ2) is 8.16. The maximum atomic E-state index is 12.5. The molecule has 0 saturated heterocycles. The first-order valence-electron chi connectivity index (χ1n) is 9.63. The van der Waals surface area contributed by atoms with Crippen molar-refractivity contribution in [2.45, 2.75) is 44.6 Å². The van der Waals surface area contributed by atoms with Crippen LogP contribution < -0.4 is 5.32 Å². The zero-order valence-corrected chi connectivity index (χ0v) is 15.3. The molecular formula is C22H24N4O. The number of benzene rings is 1. The van der Waals surface area contributed by atoms with Gasteiger partial charge in [-0.3, -0.25) is 4.79 Å². The Morgan fingerprint density at radius 3 is 2.59 bits per heavy atom. The number of nitrogens with one attached hydrogen (secondary N) is 1. The van der Waals surface area contributed by atoms with Crippen LogP contribution >= 0.6 is 0 Å². The summed E-state index contributed by atoms with van der Waals surface area (Å²) in [4.78, 5) is 16.9. The van der Waals surface area contributed by atoms with Gasteiger partial charge in [-0.1, -0.05) is 37.5 Å². The van der Waals surface area contributed by atoms with Crippen LogP contribution in [0.1, 0.15) is 59.5 Å². The molecule has 1 saturated carbocycles. The summed E-state index contributed by atoms with van der Waals surface area (Å²) in [6.07, 6.45) is 11.8. The normalized spacial score (nSPS) is 14.8. The van der Waals surface area contributed by atoms with Crippen LogP contribution in [-0.4, -0.2) is 20.7 Å². The molecule has 1 aromatic carbocycles. The Morgan fingerprint density at radius 2 is 1.85 bits per heavy atom. The molecule has 0 spiro atoms. The predicted molar refractivity (Wildman–Crippen MR) is 105 cm³/mol. The van der Waals surface area contributed by atoms with Gasteiger partial charge in [0, 0.05) is 36.3 Å². The first-order valence-corrected chi connectivity index (χ1v) is 9.63. The first-order chi connectivity index (χ1) is 13.3. The van der Waals surface area contributed by atoms with Gasteiger partial charge >= 0.3 is 0 Å². The number of rotatable bonds is 5. The molecule has 0 atom stereocenters. The maximum absolute atomic E-state index is 12.5. The second-order valence-corrected chi connectivity index (χ2v) is 7.08. The van der Waals surface area contributed by atoms with E-state index in [1.54, 1.807) is 17.1 Å². The van der Waals surface area contributed by atoms with E-state index in [0.717, 1.165) is 11.4 Å². The fourth-order valence-electron chi connectivity index (χ4n) is 3.79. The summed E-state index contributed by atoms with van der Waals surface area (Å²) in [5, 5.41) is 7.22. The summed E-state index contributed by atoms with van der Waals surface area (Å²) in [6, 6.07) is 13.8. The number of aromatic nitrogens is 3. The summed E-state index contributed by atoms with van der Waals surface area (Å²) in [6.45, 7) is 0.409. The number of hydrogen-bond acceptors (Lipinski definition) is 3. The smallest absolute Gasteiger partial charge is 0.251 e. The SMILES string of the molecule is O=C(NCc1cccnc1-n1cccn1)c1ccc(C2CCCCC2)cc1. The third-order valence-electron chi connectivity index (χ3n) is 5.28. The number of nitrogens with zero attached hydrogens (tertiary/aromatic N) is 3. The Kier molecular flexibility index (Phi) is 5.28. The van der Waals surface area contributed by atoms with E-state index in [-0.39, 0.29) is 5.91 Å². The number of amides is 1. The van der Waals surface area contributed by atoms with Gasteiger partial charge in [0.1, 0.15) is 0 Å². The van der Waals surface area contributed by atoms with E-state index in [2.05, 4.69) is 27.5 Å². The average molecular weight is 360 g/mol. The quantitative estimate of drug-likeness (QED) is 0.740. The summed E-state index contributed by atoms with van der Waals surface area (Å²) in [7, 11) is 0. The average Bonchev–Trinajstić information content (AvgIpc) is 3.28. The predicted octanol–water partition coefficient (Wildman–Crippen LogP) is 4.25. The van der Waals surface area contributed by atoms with Crippen molar-refractivity contribution in [3.05, 3.63) is 77.7 Å². The van der Waals surface area contributed by atoms with Crippen molar-refractivity contribution in [3.8, 4) is 5.82 Å². The Labute approximate surface area is 159 Å². The summed E-state index contributed by atoms with van der Waals surface area (Å²) in [5.74, 6) is 1.32. The fourth-order valence-corrected chi connectivity index (χ4v) is 3.79. The summed E-state index contributed by atoms with van der Waals surface area (Å²) >= 11 is 0. The summed E-state index contributed by atoms with van der Waals surface area (Å²) in [5.41, 5.74) is 2.98. The van der Waals surface area contributed by atoms with E-state index >= 15 is 0 Å². The molecular weight excluding hydrogens is 336 g/mol. The molecule has 2 heterocycles. The molecule has 5 nitrogen and oxygen atoms in total. The summed E-state index contributed by atoms with van der Waals surface area (Å²) < 4.78 is 1.71. The highest BCUT2D eigenvalue weighted by molar-refractivity contribution is 5.94. The zero-order valence-electron chi connectivity index (χ0n) is 15.3. The van der Waals surface area contributed by atoms with Crippen LogP contribution in [0.2, 0.25) is 0 Å². The van der Waals surface area contributed by atoms with E-state index in [9.17, 15) is 4.79 Å². The molecule has 27 heavy (non-hydrogen) atoms. The highest BCUT2D eigenvalue weighted by atomic mass is 16.1. The number of carbonyl (C=O) groups excluding carboxylic acids is 1. The second-order valence-electron chi connectivity index (χ2n) is 7.08. The van der Waals surface area contributed by atoms with E-state index in [1.807, 2.05) is 36.5 Å². The van der Waals surface area contributed by atoms with Crippen molar-refractivity contribution in [1.82, 2.24) is 20.1 Å². The Balaban J connectivity index is 1.41. The molecule has 0 unspecified atom stereocenters. The molecule has 2 aromatic heterocycles. The van der Waals surface area contributed by atoms with Crippen LogP contribution in [-0.2, 0) is 6.54 Å². The lowest BCUT2D eigenvalue weighted by Crippen LogP contribution is -2.24. The van der Waals surface area contributed by atoms with Gasteiger partial charge in [0.15, 0.2) is 5.82 Å². The molecule has 5 heteroatoms. The molecule has 1 amide bonds. The van der Waals surface area contributed by atoms with Crippen LogP contribution in [0.15, 0.2) is 61.1 Å². The van der Waals surface area contributed by atoms with Gasteiger partial charge in [0.25, 0.3) is 5.91 Å². The fraction of sp³-hybridized carbons (Fsp3) is 0.318. The van der Waals surface area contributed by atoms with Gasteiger partial charge < -0.3 is 5.32 Å². The lowest BCUT2D eigenvalue weighted by molar-refractivity contribution is 0.0951. The monoisotopic (exact) mass is 360 g/mol. The van der Waals surface area contributed by atoms with Crippen LogP contribution in [0, 0.1) is 0 Å². The highest BCUT2D eigenvalue weighted by Gasteiger charge is 2.16. The number of pyridine rings is 1. The van der Waals surface area contributed by atoms with Crippen LogP contribution in [0.25, 0.3) is 5.82 Å². The topological polar surface area (TPSA) is 59.8 Å². The van der Waals surface area contributed by atoms with Gasteiger partial charge in [0.05, 0.1) is 0 Å². The van der Waals surface area contributed by atoms with E-state index in [4.69, 9.17) is 0 Å². The molecule has 0 bridgehead atoms. The minimum Gasteiger partial charge on any atom is -0.348 e. The number of carbonyl (C=O) groups is 1. The molecule has 0 aliphatic heterocycles. The van der Waals surface area contributed by atoms with Gasteiger partial charge in [-0.05, 0) is 48.6 Å². The molecule has 0 radical (unpaired) electrons. The van der Waals surface area contributed by atoms with Crippen LogP contribution in [0.4, 0.5) is 0 Å². The Morgan fingerprint density at radius 1 is 1.04 bits per heavy atom. The standard InChI is InChI=1S/C22H24N4O/c27-22(19-11-9-18(10-12-19)17-6-2-1-3-7-17)24-16-20-8-4-13-23-21(20)26-15-5-14-25-26/h4-5,8-15,17H,1-3,6-7,16H2,(H,24,27). The molecule has 1 aliphatic rings. The van der Waals surface area contributed by atoms with Gasteiger partial charge in [-0.15, -0.1) is 0 Å². The van der Waals surface area contributed by atoms with Crippen molar-refractivity contribution in [2.24, 2.45) is 0 Å². The first kappa shape index (κ1) is 17.5. The molecule has 138 valence electrons. The number of hydrogen-bond donors (Lipinski definition) is 1. The maximum Gasteiger partial charge on any atom is 0.251 e. The molecule has 1 fully saturated rings. The van der Waals surface area contributed by atoms with Gasteiger partial charge in [-0.25, -0.2) is 9.67 Å². The van der Waals surface area contributed by atoms with Crippen molar-refractivity contribution in [3.63, 3.8) is 0 Å². The van der Waals surface area contributed by atoms with Gasteiger partial charge in [-0.2, -0.15) is 5.10 Å². The molecule has 1 aliphatic carbocycles. The minimum absolute atomic E-state index is 0.0690. The zero-order chi connectivity index (χ0) is 18.5. The highest BCUT2D eigenvalue weighted by Crippen LogP contribution is 2.32. The molecule has 1 N–H and O–H groups in total. The van der Waals surface area contributed by atoms with Crippen LogP contribution in [0.5, 0.6) is 0 Å². The van der Waals surface area contributed by atoms with E-state index in [1.165, 1.54) is 37.7 Å². The third kappa shape index (κ3) is 4.08. The lowest BCUT2D eigenvalue weighted by atomic mass is 9.84. The van der Waals surface area contributed by atoms with E-state index < -0.39 is 0 Å². The van der Waals surface area contributed by atoms with Crippen molar-refractivity contribution in [1.29, 1.82) is 0 Å². The van der Waals surface area contributed by atoms with Crippen molar-refractivity contribution >= 4 is 5.91 Å². The van der Waals surface area contributed by atoms with Crippen molar-refractivity contribution < 1.29 is 4.79 Å². The molecule has 4 rings (SSSR count). The molecule has 3 aromatic rings. The largest absolute Gasteiger partial charge is 0.348 e. The Hall–Kier alpha value is -2.95. The van der Waals surface area contributed by atoms with Crippen molar-refractivity contribution in [2.75, 3.05) is 0 Å². The van der Waals surface area contributed by atoms with E-state index in [0.29, 0.717) is 18.0 Å².